The maximum Gasteiger partial charge on any atom is 0.257 e. The predicted molar refractivity (Wildman–Crippen MR) is 110 cm³/mol. The minimum absolute atomic E-state index is 0.152. The van der Waals surface area contributed by atoms with Crippen LogP contribution in [-0.2, 0) is 10.0 Å². The van der Waals surface area contributed by atoms with Gasteiger partial charge in [0.2, 0.25) is 10.0 Å². The Kier molecular flexibility index (Phi) is 5.08. The van der Waals surface area contributed by atoms with Crippen molar-refractivity contribution in [3.05, 3.63) is 71.1 Å². The molecule has 0 fully saturated rings. The highest BCUT2D eigenvalue weighted by Gasteiger charge is 2.24. The minimum Gasteiger partial charge on any atom is -0.334 e. The molecule has 4 aromatic rings. The number of hydrogen-bond acceptors (Lipinski definition) is 6. The molecule has 0 aliphatic carbocycles. The van der Waals surface area contributed by atoms with Gasteiger partial charge >= 0.3 is 0 Å². The summed E-state index contributed by atoms with van der Waals surface area (Å²) in [6.07, 6.45) is 1.64. The monoisotopic (exact) mass is 428 g/mol. The van der Waals surface area contributed by atoms with Crippen LogP contribution in [0.25, 0.3) is 22.4 Å². The number of fused-ring (bicyclic) bond motifs is 1. The van der Waals surface area contributed by atoms with Gasteiger partial charge in [0.05, 0.1) is 16.5 Å². The van der Waals surface area contributed by atoms with E-state index in [4.69, 9.17) is 16.1 Å². The number of benzene rings is 2. The van der Waals surface area contributed by atoms with Crippen LogP contribution in [0.2, 0.25) is 5.02 Å². The molecular formula is C20H17ClN4O3S. The largest absolute Gasteiger partial charge is 0.334 e. The van der Waals surface area contributed by atoms with E-state index in [9.17, 15) is 8.42 Å². The van der Waals surface area contributed by atoms with Crippen molar-refractivity contribution in [1.82, 2.24) is 19.8 Å². The normalized spacial score (nSPS) is 12.9. The van der Waals surface area contributed by atoms with Gasteiger partial charge in [-0.15, -0.1) is 0 Å². The lowest BCUT2D eigenvalue weighted by molar-refractivity contribution is 0.415. The standard InChI is InChI=1S/C20H17ClN4O3S/c1-12-5-10-17(16-4-3-11-22-18(12)16)29(26,27)25-13(2)19-23-20(28-24-19)14-6-8-15(21)9-7-14/h3-11,13,25H,1-2H3/t13-/m0/s1. The van der Waals surface area contributed by atoms with Gasteiger partial charge in [0.1, 0.15) is 0 Å². The minimum atomic E-state index is -3.84. The van der Waals surface area contributed by atoms with E-state index in [2.05, 4.69) is 19.8 Å². The molecule has 0 spiro atoms. The molecule has 148 valence electrons. The zero-order valence-electron chi connectivity index (χ0n) is 15.6. The molecule has 1 N–H and O–H groups in total. The van der Waals surface area contributed by atoms with E-state index in [1.165, 1.54) is 0 Å². The van der Waals surface area contributed by atoms with Crippen molar-refractivity contribution in [2.45, 2.75) is 24.8 Å². The Morgan fingerprint density at radius 1 is 1.10 bits per heavy atom. The van der Waals surface area contributed by atoms with Gasteiger partial charge in [-0.1, -0.05) is 22.8 Å². The quantitative estimate of drug-likeness (QED) is 0.509. The van der Waals surface area contributed by atoms with E-state index in [1.54, 1.807) is 61.7 Å². The Hall–Kier alpha value is -2.81. The number of nitrogens with one attached hydrogen (secondary N) is 1. The van der Waals surface area contributed by atoms with Crippen molar-refractivity contribution in [1.29, 1.82) is 0 Å². The summed E-state index contributed by atoms with van der Waals surface area (Å²) in [5, 5.41) is 5.06. The molecule has 2 heterocycles. The number of rotatable bonds is 5. The second-order valence-electron chi connectivity index (χ2n) is 6.59. The molecule has 0 unspecified atom stereocenters. The van der Waals surface area contributed by atoms with E-state index in [0.29, 0.717) is 21.5 Å². The van der Waals surface area contributed by atoms with Crippen molar-refractivity contribution in [2.24, 2.45) is 0 Å². The van der Waals surface area contributed by atoms with Crippen LogP contribution in [0.3, 0.4) is 0 Å². The Balaban J connectivity index is 1.62. The lowest BCUT2D eigenvalue weighted by atomic mass is 10.1. The summed E-state index contributed by atoms with van der Waals surface area (Å²) in [6.45, 7) is 3.54. The summed E-state index contributed by atoms with van der Waals surface area (Å²) in [4.78, 5) is 8.75. The third-order valence-corrected chi connectivity index (χ3v) is 6.32. The van der Waals surface area contributed by atoms with Gasteiger partial charge in [0.15, 0.2) is 5.82 Å². The molecule has 0 aliphatic rings. The molecule has 0 amide bonds. The molecule has 0 saturated carbocycles. The van der Waals surface area contributed by atoms with Crippen molar-refractivity contribution in [3.63, 3.8) is 0 Å². The molecule has 2 aromatic heterocycles. The van der Waals surface area contributed by atoms with E-state index in [-0.39, 0.29) is 16.6 Å². The first-order valence-electron chi connectivity index (χ1n) is 8.81. The van der Waals surface area contributed by atoms with Gasteiger partial charge in [-0.05, 0) is 61.9 Å². The lowest BCUT2D eigenvalue weighted by Gasteiger charge is -2.13. The topological polar surface area (TPSA) is 98.0 Å². The Morgan fingerprint density at radius 2 is 1.86 bits per heavy atom. The molecule has 7 nitrogen and oxygen atoms in total. The van der Waals surface area contributed by atoms with E-state index < -0.39 is 16.1 Å². The molecule has 0 radical (unpaired) electrons. The van der Waals surface area contributed by atoms with Crippen LogP contribution in [-0.4, -0.2) is 23.5 Å². The average Bonchev–Trinajstić information content (AvgIpc) is 3.19. The van der Waals surface area contributed by atoms with Gasteiger partial charge in [0.25, 0.3) is 5.89 Å². The summed E-state index contributed by atoms with van der Waals surface area (Å²) in [5.41, 5.74) is 2.24. The van der Waals surface area contributed by atoms with Crippen LogP contribution in [0.4, 0.5) is 0 Å². The summed E-state index contributed by atoms with van der Waals surface area (Å²) >= 11 is 5.89. The van der Waals surface area contributed by atoms with E-state index in [0.717, 1.165) is 5.56 Å². The highest BCUT2D eigenvalue weighted by molar-refractivity contribution is 7.89. The third-order valence-electron chi connectivity index (χ3n) is 4.47. The smallest absolute Gasteiger partial charge is 0.257 e. The fraction of sp³-hybridized carbons (Fsp3) is 0.150. The fourth-order valence-corrected chi connectivity index (χ4v) is 4.52. The van der Waals surface area contributed by atoms with Crippen LogP contribution >= 0.6 is 11.6 Å². The SMILES string of the molecule is Cc1ccc(S(=O)(=O)N[C@@H](C)c2noc(-c3ccc(Cl)cc3)n2)c2cccnc12. The molecule has 4 rings (SSSR count). The van der Waals surface area contributed by atoms with Crippen molar-refractivity contribution in [2.75, 3.05) is 0 Å². The number of aromatic nitrogens is 3. The maximum atomic E-state index is 13.0. The average molecular weight is 429 g/mol. The van der Waals surface area contributed by atoms with Gasteiger partial charge < -0.3 is 4.52 Å². The second-order valence-corrected chi connectivity index (χ2v) is 8.71. The molecule has 1 atom stereocenters. The molecule has 9 heteroatoms. The first kappa shape index (κ1) is 19.5. The van der Waals surface area contributed by atoms with E-state index >= 15 is 0 Å². The van der Waals surface area contributed by atoms with Crippen LogP contribution in [0.5, 0.6) is 0 Å². The van der Waals surface area contributed by atoms with Gasteiger partial charge in [0, 0.05) is 22.2 Å². The number of nitrogens with zero attached hydrogens (tertiary/aromatic N) is 3. The number of pyridine rings is 1. The van der Waals surface area contributed by atoms with Gasteiger partial charge in [-0.3, -0.25) is 4.98 Å². The fourth-order valence-electron chi connectivity index (χ4n) is 2.99. The van der Waals surface area contributed by atoms with Crippen molar-refractivity contribution >= 4 is 32.5 Å². The molecule has 0 bridgehead atoms. The van der Waals surface area contributed by atoms with Crippen molar-refractivity contribution < 1.29 is 12.9 Å². The highest BCUT2D eigenvalue weighted by Crippen LogP contribution is 2.26. The number of sulfonamides is 1. The molecule has 29 heavy (non-hydrogen) atoms. The Morgan fingerprint density at radius 3 is 2.62 bits per heavy atom. The lowest BCUT2D eigenvalue weighted by Crippen LogP contribution is -2.27. The first-order valence-corrected chi connectivity index (χ1v) is 10.7. The predicted octanol–water partition coefficient (Wildman–Crippen LogP) is 4.29. The van der Waals surface area contributed by atoms with Crippen molar-refractivity contribution in [3.8, 4) is 11.5 Å². The number of hydrogen-bond donors (Lipinski definition) is 1. The zero-order chi connectivity index (χ0) is 20.6. The molecule has 2 aromatic carbocycles. The van der Waals surface area contributed by atoms with Crippen LogP contribution in [0.15, 0.2) is 64.1 Å². The number of aryl methyl sites for hydroxylation is 1. The second kappa shape index (κ2) is 7.55. The van der Waals surface area contributed by atoms with Crippen LogP contribution in [0, 0.1) is 6.92 Å². The van der Waals surface area contributed by atoms with Crippen LogP contribution < -0.4 is 4.72 Å². The van der Waals surface area contributed by atoms with Gasteiger partial charge in [-0.25, -0.2) is 13.1 Å². The van der Waals surface area contributed by atoms with E-state index in [1.807, 2.05) is 6.92 Å². The zero-order valence-corrected chi connectivity index (χ0v) is 17.2. The molecule has 0 aliphatic heterocycles. The number of halogens is 1. The van der Waals surface area contributed by atoms with Crippen LogP contribution in [0.1, 0.15) is 24.4 Å². The molecule has 0 saturated heterocycles. The molecular weight excluding hydrogens is 412 g/mol. The summed E-state index contributed by atoms with van der Waals surface area (Å²) in [7, 11) is -3.84. The Bertz CT molecular complexity index is 1290. The maximum absolute atomic E-state index is 13.0. The third kappa shape index (κ3) is 3.87. The summed E-state index contributed by atoms with van der Waals surface area (Å²) < 4.78 is 33.9. The first-order chi connectivity index (χ1) is 13.8. The summed E-state index contributed by atoms with van der Waals surface area (Å²) in [6, 6.07) is 13.0. The van der Waals surface area contributed by atoms with Gasteiger partial charge in [-0.2, -0.15) is 4.98 Å². The highest BCUT2D eigenvalue weighted by atomic mass is 35.5. The Labute approximate surface area is 172 Å². The summed E-state index contributed by atoms with van der Waals surface area (Å²) in [5.74, 6) is 0.515.